The number of rotatable bonds is 3. The molecule has 29 heavy (non-hydrogen) atoms. The number of hydrogen-bond donors (Lipinski definition) is 1. The van der Waals surface area contributed by atoms with E-state index in [9.17, 15) is 14.9 Å². The summed E-state index contributed by atoms with van der Waals surface area (Å²) in [5.41, 5.74) is 4.00. The lowest BCUT2D eigenvalue weighted by atomic mass is 10.0. The van der Waals surface area contributed by atoms with Crippen molar-refractivity contribution in [1.29, 1.82) is 0 Å². The van der Waals surface area contributed by atoms with Gasteiger partial charge in [0.25, 0.3) is 11.2 Å². The molecule has 0 amide bonds. The SMILES string of the molecule is O=c1ccc2cc(-c3ccc([N+](=O)[O-])cc3)ccc2n1-c1nc2ccccc2[nH]1. The first-order chi connectivity index (χ1) is 14.1. The highest BCUT2D eigenvalue weighted by molar-refractivity contribution is 5.86. The molecule has 5 aromatic rings. The summed E-state index contributed by atoms with van der Waals surface area (Å²) in [6.07, 6.45) is 0. The fourth-order valence-corrected chi connectivity index (χ4v) is 3.46. The third-order valence-corrected chi connectivity index (χ3v) is 4.89. The number of nitro benzene ring substituents is 1. The van der Waals surface area contributed by atoms with Crippen LogP contribution in [0.3, 0.4) is 0 Å². The van der Waals surface area contributed by atoms with Crippen LogP contribution in [0.25, 0.3) is 39.0 Å². The summed E-state index contributed by atoms with van der Waals surface area (Å²) in [4.78, 5) is 30.8. The lowest BCUT2D eigenvalue weighted by molar-refractivity contribution is -0.384. The number of nitrogens with one attached hydrogen (secondary N) is 1. The summed E-state index contributed by atoms with van der Waals surface area (Å²) < 4.78 is 1.55. The smallest absolute Gasteiger partial charge is 0.269 e. The van der Waals surface area contributed by atoms with Crippen molar-refractivity contribution in [2.75, 3.05) is 0 Å². The quantitative estimate of drug-likeness (QED) is 0.369. The van der Waals surface area contributed by atoms with Gasteiger partial charge in [0.1, 0.15) is 0 Å². The highest BCUT2D eigenvalue weighted by atomic mass is 16.6. The van der Waals surface area contributed by atoms with Gasteiger partial charge in [-0.2, -0.15) is 0 Å². The number of hydrogen-bond acceptors (Lipinski definition) is 4. The van der Waals surface area contributed by atoms with Crippen molar-refractivity contribution in [3.05, 3.63) is 99.3 Å². The highest BCUT2D eigenvalue weighted by Crippen LogP contribution is 2.26. The number of pyridine rings is 1. The van der Waals surface area contributed by atoms with Crippen LogP contribution in [0.2, 0.25) is 0 Å². The molecule has 7 nitrogen and oxygen atoms in total. The maximum absolute atomic E-state index is 12.6. The van der Waals surface area contributed by atoms with Crippen LogP contribution < -0.4 is 5.56 Å². The van der Waals surface area contributed by atoms with Crippen LogP contribution in [0.1, 0.15) is 0 Å². The number of fused-ring (bicyclic) bond motifs is 2. The molecule has 0 bridgehead atoms. The van der Waals surface area contributed by atoms with Crippen molar-refractivity contribution < 1.29 is 4.92 Å². The van der Waals surface area contributed by atoms with E-state index in [4.69, 9.17) is 0 Å². The Labute approximate surface area is 164 Å². The largest absolute Gasteiger partial charge is 0.323 e. The molecule has 0 fully saturated rings. The molecule has 0 aliphatic heterocycles. The maximum atomic E-state index is 12.6. The van der Waals surface area contributed by atoms with E-state index in [1.54, 1.807) is 22.8 Å². The van der Waals surface area contributed by atoms with Crippen LogP contribution in [0.15, 0.2) is 83.7 Å². The zero-order chi connectivity index (χ0) is 20.0. The average molecular weight is 382 g/mol. The molecule has 2 heterocycles. The van der Waals surface area contributed by atoms with Crippen molar-refractivity contribution in [3.8, 4) is 17.1 Å². The van der Waals surface area contributed by atoms with Crippen LogP contribution in [0, 0.1) is 10.1 Å². The van der Waals surface area contributed by atoms with E-state index in [0.717, 1.165) is 33.1 Å². The molecular weight excluding hydrogens is 368 g/mol. The Morgan fingerprint density at radius 3 is 2.41 bits per heavy atom. The van der Waals surface area contributed by atoms with Gasteiger partial charge in [0.2, 0.25) is 5.95 Å². The minimum Gasteiger partial charge on any atom is -0.323 e. The van der Waals surface area contributed by atoms with E-state index in [0.29, 0.717) is 5.95 Å². The fraction of sp³-hybridized carbons (Fsp3) is 0. The highest BCUT2D eigenvalue weighted by Gasteiger charge is 2.11. The summed E-state index contributed by atoms with van der Waals surface area (Å²) in [6.45, 7) is 0. The fourth-order valence-electron chi connectivity index (χ4n) is 3.46. The van der Waals surface area contributed by atoms with E-state index in [1.807, 2.05) is 42.5 Å². The Kier molecular flexibility index (Phi) is 3.74. The molecule has 3 aromatic carbocycles. The Morgan fingerprint density at radius 1 is 0.897 bits per heavy atom. The zero-order valence-electron chi connectivity index (χ0n) is 15.1. The number of nitro groups is 1. The molecule has 0 aliphatic rings. The predicted molar refractivity (Wildman–Crippen MR) is 111 cm³/mol. The van der Waals surface area contributed by atoms with E-state index >= 15 is 0 Å². The second-order valence-corrected chi connectivity index (χ2v) is 6.66. The maximum Gasteiger partial charge on any atom is 0.269 e. The number of aromatic amines is 1. The molecule has 0 aliphatic carbocycles. The molecule has 0 radical (unpaired) electrons. The average Bonchev–Trinajstić information content (AvgIpc) is 3.17. The molecule has 5 rings (SSSR count). The van der Waals surface area contributed by atoms with Gasteiger partial charge < -0.3 is 4.98 Å². The molecule has 0 saturated heterocycles. The molecule has 140 valence electrons. The number of benzene rings is 3. The summed E-state index contributed by atoms with van der Waals surface area (Å²) >= 11 is 0. The molecule has 0 unspecified atom stereocenters. The van der Waals surface area contributed by atoms with Gasteiger partial charge in [-0.15, -0.1) is 0 Å². The van der Waals surface area contributed by atoms with Crippen LogP contribution >= 0.6 is 0 Å². The zero-order valence-corrected chi connectivity index (χ0v) is 15.1. The first kappa shape index (κ1) is 16.9. The number of H-pyrrole nitrogens is 1. The van der Waals surface area contributed by atoms with Gasteiger partial charge in [-0.1, -0.05) is 18.2 Å². The van der Waals surface area contributed by atoms with Gasteiger partial charge in [-0.05, 0) is 59.0 Å². The molecule has 0 spiro atoms. The van der Waals surface area contributed by atoms with Crippen molar-refractivity contribution >= 4 is 27.6 Å². The lowest BCUT2D eigenvalue weighted by Crippen LogP contribution is -2.18. The Bertz CT molecular complexity index is 1420. The summed E-state index contributed by atoms with van der Waals surface area (Å²) in [7, 11) is 0. The van der Waals surface area contributed by atoms with Gasteiger partial charge >= 0.3 is 0 Å². The van der Waals surface area contributed by atoms with Gasteiger partial charge in [0, 0.05) is 18.2 Å². The Morgan fingerprint density at radius 2 is 1.66 bits per heavy atom. The molecule has 0 atom stereocenters. The van der Waals surface area contributed by atoms with Crippen LogP contribution in [0.5, 0.6) is 0 Å². The second kappa shape index (κ2) is 6.42. The van der Waals surface area contributed by atoms with E-state index < -0.39 is 4.92 Å². The molecular formula is C22H14N4O3. The van der Waals surface area contributed by atoms with Crippen LogP contribution in [-0.2, 0) is 0 Å². The molecule has 7 heteroatoms. The topological polar surface area (TPSA) is 93.8 Å². The number of imidazole rings is 1. The van der Waals surface area contributed by atoms with Gasteiger partial charge in [0.15, 0.2) is 0 Å². The third kappa shape index (κ3) is 2.85. The summed E-state index contributed by atoms with van der Waals surface area (Å²) in [5, 5.41) is 11.7. The van der Waals surface area contributed by atoms with Crippen LogP contribution in [0.4, 0.5) is 5.69 Å². The van der Waals surface area contributed by atoms with E-state index in [1.165, 1.54) is 18.2 Å². The normalized spacial score (nSPS) is 11.2. The first-order valence-corrected chi connectivity index (χ1v) is 8.96. The summed E-state index contributed by atoms with van der Waals surface area (Å²) in [5.74, 6) is 0.463. The summed E-state index contributed by atoms with van der Waals surface area (Å²) in [6, 6.07) is 23.0. The second-order valence-electron chi connectivity index (χ2n) is 6.66. The first-order valence-electron chi connectivity index (χ1n) is 8.96. The Balaban J connectivity index is 1.65. The standard InChI is InChI=1S/C22H14N4O3/c27-21-12-8-16-13-15(14-5-9-17(10-6-14)26(28)29)7-11-20(16)25(21)22-23-18-3-1-2-4-19(18)24-22/h1-13H,(H,23,24). The van der Waals surface area contributed by atoms with Crippen molar-refractivity contribution in [1.82, 2.24) is 14.5 Å². The molecule has 2 aromatic heterocycles. The monoisotopic (exact) mass is 382 g/mol. The lowest BCUT2D eigenvalue weighted by Gasteiger charge is -2.09. The van der Waals surface area contributed by atoms with Gasteiger partial charge in [0.05, 0.1) is 21.5 Å². The number of para-hydroxylation sites is 2. The minimum atomic E-state index is -0.420. The van der Waals surface area contributed by atoms with E-state index in [-0.39, 0.29) is 11.2 Å². The van der Waals surface area contributed by atoms with Gasteiger partial charge in [-0.25, -0.2) is 9.55 Å². The number of aromatic nitrogens is 3. The van der Waals surface area contributed by atoms with Crippen LogP contribution in [-0.4, -0.2) is 19.5 Å². The third-order valence-electron chi connectivity index (χ3n) is 4.89. The van der Waals surface area contributed by atoms with Crippen molar-refractivity contribution in [2.24, 2.45) is 0 Å². The predicted octanol–water partition coefficient (Wildman–Crippen LogP) is 4.44. The molecule has 1 N–H and O–H groups in total. The molecule has 0 saturated carbocycles. The van der Waals surface area contributed by atoms with Crippen molar-refractivity contribution in [2.45, 2.75) is 0 Å². The van der Waals surface area contributed by atoms with Crippen molar-refractivity contribution in [3.63, 3.8) is 0 Å². The number of nitrogens with zero attached hydrogens (tertiary/aromatic N) is 3. The number of non-ortho nitro benzene ring substituents is 1. The van der Waals surface area contributed by atoms with E-state index in [2.05, 4.69) is 9.97 Å². The Hall–Kier alpha value is -4.26. The van der Waals surface area contributed by atoms with Gasteiger partial charge in [-0.3, -0.25) is 14.9 Å². The minimum absolute atomic E-state index is 0.0493.